The number of guanidine groups is 1. The Hall–Kier alpha value is -1.40. The summed E-state index contributed by atoms with van der Waals surface area (Å²) in [6.45, 7) is 8.83. The van der Waals surface area contributed by atoms with Crippen LogP contribution in [-0.4, -0.2) is 24.0 Å². The van der Waals surface area contributed by atoms with Gasteiger partial charge in [-0.2, -0.15) is 0 Å². The first-order valence-electron chi connectivity index (χ1n) is 7.63. The van der Waals surface area contributed by atoms with E-state index in [0.717, 1.165) is 30.5 Å². The molecule has 0 aromatic carbocycles. The Labute approximate surface area is 140 Å². The van der Waals surface area contributed by atoms with Crippen LogP contribution in [0.2, 0.25) is 0 Å². The van der Waals surface area contributed by atoms with E-state index in [-0.39, 0.29) is 0 Å². The molecule has 0 bridgehead atoms. The van der Waals surface area contributed by atoms with Crippen LogP contribution in [0.25, 0.3) is 0 Å². The van der Waals surface area contributed by atoms with Crippen LogP contribution in [0.4, 0.5) is 0 Å². The molecule has 0 aliphatic rings. The fourth-order valence-corrected chi connectivity index (χ4v) is 3.66. The molecule has 1 unspecified atom stereocenters. The summed E-state index contributed by atoms with van der Waals surface area (Å²) in [5.41, 5.74) is 0. The van der Waals surface area contributed by atoms with Crippen molar-refractivity contribution in [1.29, 1.82) is 0 Å². The highest BCUT2D eigenvalue weighted by Crippen LogP contribution is 2.14. The second-order valence-corrected chi connectivity index (χ2v) is 7.68. The first kappa shape index (κ1) is 17.0. The fraction of sp³-hybridized carbons (Fsp3) is 0.500. The smallest absolute Gasteiger partial charge is 0.191 e. The summed E-state index contributed by atoms with van der Waals surface area (Å²) in [6.07, 6.45) is 3.01. The van der Waals surface area contributed by atoms with Crippen LogP contribution < -0.4 is 10.6 Å². The highest BCUT2D eigenvalue weighted by atomic mass is 32.1. The van der Waals surface area contributed by atoms with Crippen molar-refractivity contribution in [3.63, 3.8) is 0 Å². The van der Waals surface area contributed by atoms with Gasteiger partial charge in [0.15, 0.2) is 5.96 Å². The topological polar surface area (TPSA) is 49.3 Å². The summed E-state index contributed by atoms with van der Waals surface area (Å²) in [5, 5.41) is 9.92. The van der Waals surface area contributed by atoms with Gasteiger partial charge < -0.3 is 10.6 Å². The minimum Gasteiger partial charge on any atom is -0.357 e. The molecule has 0 aliphatic heterocycles. The van der Waals surface area contributed by atoms with E-state index in [9.17, 15) is 0 Å². The molecule has 0 spiro atoms. The summed E-state index contributed by atoms with van der Waals surface area (Å²) >= 11 is 3.53. The normalized spacial score (nSPS) is 13.1. The zero-order chi connectivity index (χ0) is 15.8. The first-order chi connectivity index (χ1) is 10.7. The third kappa shape index (κ3) is 5.77. The monoisotopic (exact) mass is 336 g/mol. The number of hydrogen-bond donors (Lipinski definition) is 2. The Morgan fingerprint density at radius 2 is 2.27 bits per heavy atom. The highest BCUT2D eigenvalue weighted by molar-refractivity contribution is 7.11. The molecule has 0 fully saturated rings. The number of aliphatic imine (C=N–C) groups is 1. The Morgan fingerprint density at radius 1 is 1.41 bits per heavy atom. The maximum absolute atomic E-state index is 4.61. The van der Waals surface area contributed by atoms with E-state index in [4.69, 9.17) is 0 Å². The maximum atomic E-state index is 4.61. The summed E-state index contributed by atoms with van der Waals surface area (Å²) in [7, 11) is 0. The van der Waals surface area contributed by atoms with Gasteiger partial charge in [0, 0.05) is 29.0 Å². The molecule has 0 radical (unpaired) electrons. The van der Waals surface area contributed by atoms with E-state index < -0.39 is 0 Å². The van der Waals surface area contributed by atoms with Crippen molar-refractivity contribution < 1.29 is 0 Å². The van der Waals surface area contributed by atoms with Gasteiger partial charge in [-0.25, -0.2) is 9.98 Å². The molecule has 120 valence electrons. The van der Waals surface area contributed by atoms with Crippen LogP contribution in [0.5, 0.6) is 0 Å². The van der Waals surface area contributed by atoms with E-state index in [1.54, 1.807) is 11.3 Å². The Balaban J connectivity index is 1.82. The van der Waals surface area contributed by atoms with Crippen molar-refractivity contribution in [1.82, 2.24) is 15.6 Å². The average molecular weight is 337 g/mol. The minimum atomic E-state index is 0.574. The van der Waals surface area contributed by atoms with Crippen LogP contribution in [0.3, 0.4) is 0 Å². The molecule has 22 heavy (non-hydrogen) atoms. The van der Waals surface area contributed by atoms with Gasteiger partial charge in [0.25, 0.3) is 0 Å². The number of hydrogen-bond acceptors (Lipinski definition) is 4. The third-order valence-corrected chi connectivity index (χ3v) is 4.93. The lowest BCUT2D eigenvalue weighted by atomic mass is 10.1. The molecule has 2 heterocycles. The molecule has 1 atom stereocenters. The van der Waals surface area contributed by atoms with E-state index >= 15 is 0 Å². The Bertz CT molecular complexity index is 575. The van der Waals surface area contributed by atoms with Gasteiger partial charge in [-0.15, -0.1) is 22.7 Å². The van der Waals surface area contributed by atoms with Crippen molar-refractivity contribution in [2.45, 2.75) is 33.7 Å². The van der Waals surface area contributed by atoms with Crippen LogP contribution in [-0.2, 0) is 13.0 Å². The van der Waals surface area contributed by atoms with Gasteiger partial charge in [-0.1, -0.05) is 13.0 Å². The molecular weight excluding hydrogens is 312 g/mol. The molecule has 0 saturated heterocycles. The lowest BCUT2D eigenvalue weighted by Crippen LogP contribution is -2.39. The van der Waals surface area contributed by atoms with Crippen molar-refractivity contribution in [3.05, 3.63) is 38.5 Å². The van der Waals surface area contributed by atoms with Crippen LogP contribution >= 0.6 is 22.7 Å². The lowest BCUT2D eigenvalue weighted by molar-refractivity contribution is 0.562. The lowest BCUT2D eigenvalue weighted by Gasteiger charge is -2.15. The Morgan fingerprint density at radius 3 is 2.91 bits per heavy atom. The van der Waals surface area contributed by atoms with Crippen LogP contribution in [0, 0.1) is 12.8 Å². The number of aryl methyl sites for hydroxylation is 1. The van der Waals surface area contributed by atoms with Crippen molar-refractivity contribution in [2.75, 3.05) is 13.1 Å². The molecule has 2 aromatic heterocycles. The van der Waals surface area contributed by atoms with Crippen molar-refractivity contribution >= 4 is 28.6 Å². The molecule has 4 nitrogen and oxygen atoms in total. The Kier molecular flexibility index (Phi) is 6.86. The van der Waals surface area contributed by atoms with Gasteiger partial charge >= 0.3 is 0 Å². The molecule has 2 N–H and O–H groups in total. The predicted molar refractivity (Wildman–Crippen MR) is 96.9 cm³/mol. The quantitative estimate of drug-likeness (QED) is 0.601. The van der Waals surface area contributed by atoms with Crippen molar-refractivity contribution in [3.8, 4) is 0 Å². The zero-order valence-corrected chi connectivity index (χ0v) is 15.1. The molecule has 0 saturated carbocycles. The predicted octanol–water partition coefficient (Wildman–Crippen LogP) is 3.45. The number of nitrogens with one attached hydrogen (secondary N) is 2. The molecule has 0 amide bonds. The number of rotatable bonds is 7. The standard InChI is InChI=1S/C16H24N4S2/c1-4-17-16(20-11-15-18-10-13(3)22-15)19-9-12(2)8-14-6-5-7-21-14/h5-7,10,12H,4,8-9,11H2,1-3H3,(H2,17,19,20). The number of thiazole rings is 1. The maximum Gasteiger partial charge on any atom is 0.191 e. The summed E-state index contributed by atoms with van der Waals surface area (Å²) in [4.78, 5) is 11.6. The van der Waals surface area contributed by atoms with Gasteiger partial charge in [0.2, 0.25) is 0 Å². The molecular formula is C16H24N4S2. The molecule has 0 aliphatic carbocycles. The largest absolute Gasteiger partial charge is 0.357 e. The average Bonchev–Trinajstić information content (AvgIpc) is 3.13. The summed E-state index contributed by atoms with van der Waals surface area (Å²) in [6, 6.07) is 4.31. The van der Waals surface area contributed by atoms with Gasteiger partial charge in [-0.05, 0) is 37.6 Å². The fourth-order valence-electron chi connectivity index (χ4n) is 2.08. The molecule has 2 aromatic rings. The molecule has 2 rings (SSSR count). The summed E-state index contributed by atoms with van der Waals surface area (Å²) in [5.74, 6) is 1.44. The van der Waals surface area contributed by atoms with Gasteiger partial charge in [-0.3, -0.25) is 0 Å². The zero-order valence-electron chi connectivity index (χ0n) is 13.4. The SMILES string of the molecule is CCNC(=NCc1ncc(C)s1)NCC(C)Cc1cccs1. The summed E-state index contributed by atoms with van der Waals surface area (Å²) < 4.78 is 0. The number of nitrogens with zero attached hydrogens (tertiary/aromatic N) is 2. The number of thiophene rings is 1. The van der Waals surface area contributed by atoms with E-state index in [1.807, 2.05) is 17.5 Å². The third-order valence-electron chi connectivity index (χ3n) is 3.13. The minimum absolute atomic E-state index is 0.574. The van der Waals surface area contributed by atoms with Crippen LogP contribution in [0.15, 0.2) is 28.7 Å². The molecule has 6 heteroatoms. The van der Waals surface area contributed by atoms with Crippen LogP contribution in [0.1, 0.15) is 28.6 Å². The second-order valence-electron chi connectivity index (χ2n) is 5.33. The van der Waals surface area contributed by atoms with E-state index in [2.05, 4.69) is 58.9 Å². The van der Waals surface area contributed by atoms with Gasteiger partial charge in [0.05, 0.1) is 6.54 Å². The number of aromatic nitrogens is 1. The van der Waals surface area contributed by atoms with Crippen molar-refractivity contribution in [2.24, 2.45) is 10.9 Å². The van der Waals surface area contributed by atoms with Gasteiger partial charge in [0.1, 0.15) is 5.01 Å². The second kappa shape index (κ2) is 8.90. The van der Waals surface area contributed by atoms with E-state index in [1.165, 1.54) is 9.75 Å². The first-order valence-corrected chi connectivity index (χ1v) is 9.33. The van der Waals surface area contributed by atoms with E-state index in [0.29, 0.717) is 12.5 Å². The highest BCUT2D eigenvalue weighted by Gasteiger charge is 2.06.